The van der Waals surface area contributed by atoms with Crippen LogP contribution in [0.1, 0.15) is 37.8 Å². The molecule has 0 fully saturated rings. The minimum atomic E-state index is 0.116. The lowest BCUT2D eigenvalue weighted by atomic mass is 10.1. The molecule has 0 heterocycles. The minimum Gasteiger partial charge on any atom is -0.379 e. The van der Waals surface area contributed by atoms with Crippen molar-refractivity contribution in [1.82, 2.24) is 5.32 Å². The molecule has 0 spiro atoms. The minimum absolute atomic E-state index is 0.116. The summed E-state index contributed by atoms with van der Waals surface area (Å²) in [6, 6.07) is 8.32. The first-order chi connectivity index (χ1) is 9.08. The van der Waals surface area contributed by atoms with Gasteiger partial charge in [0.25, 0.3) is 0 Å². The molecule has 0 saturated carbocycles. The fraction of sp³-hybridized carbons (Fsp3) is 0.562. The fourth-order valence-electron chi connectivity index (χ4n) is 1.72. The van der Waals surface area contributed by atoms with Crippen LogP contribution in [0.5, 0.6) is 0 Å². The van der Waals surface area contributed by atoms with Crippen LogP contribution in [0, 0.1) is 6.92 Å². The number of hydrogen-bond donors (Lipinski definition) is 1. The normalized spacial score (nSPS) is 10.7. The molecule has 0 aliphatic heterocycles. The number of carbonyl (C=O) groups is 1. The van der Waals surface area contributed by atoms with Gasteiger partial charge in [-0.15, -0.1) is 0 Å². The van der Waals surface area contributed by atoms with Gasteiger partial charge in [-0.1, -0.05) is 29.8 Å². The topological polar surface area (TPSA) is 38.3 Å². The van der Waals surface area contributed by atoms with Crippen molar-refractivity contribution in [3.63, 3.8) is 0 Å². The average Bonchev–Trinajstić information content (AvgIpc) is 2.37. The molecule has 1 amide bonds. The first-order valence-electron chi connectivity index (χ1n) is 7.02. The lowest BCUT2D eigenvalue weighted by Gasteiger charge is -2.08. The zero-order chi connectivity index (χ0) is 14.1. The van der Waals surface area contributed by atoms with E-state index in [1.165, 1.54) is 11.1 Å². The highest BCUT2D eigenvalue weighted by Crippen LogP contribution is 2.05. The molecule has 0 aromatic heterocycles. The predicted molar refractivity (Wildman–Crippen MR) is 78.2 cm³/mol. The Morgan fingerprint density at radius 1 is 1.26 bits per heavy atom. The highest BCUT2D eigenvalue weighted by molar-refractivity contribution is 5.76. The van der Waals surface area contributed by atoms with Crippen molar-refractivity contribution in [1.29, 1.82) is 0 Å². The van der Waals surface area contributed by atoms with Gasteiger partial charge in [-0.3, -0.25) is 4.79 Å². The van der Waals surface area contributed by atoms with Gasteiger partial charge in [-0.2, -0.15) is 0 Å². The fourth-order valence-corrected chi connectivity index (χ4v) is 1.72. The van der Waals surface area contributed by atoms with Crippen LogP contribution in [-0.2, 0) is 16.0 Å². The third-order valence-corrected chi connectivity index (χ3v) is 2.86. The Balaban J connectivity index is 2.09. The van der Waals surface area contributed by atoms with Crippen molar-refractivity contribution in [2.75, 3.05) is 13.2 Å². The lowest BCUT2D eigenvalue weighted by molar-refractivity contribution is -0.121. The van der Waals surface area contributed by atoms with E-state index >= 15 is 0 Å². The molecule has 1 aromatic rings. The monoisotopic (exact) mass is 263 g/mol. The first-order valence-corrected chi connectivity index (χ1v) is 7.02. The largest absolute Gasteiger partial charge is 0.379 e. The Morgan fingerprint density at radius 3 is 2.58 bits per heavy atom. The van der Waals surface area contributed by atoms with Crippen LogP contribution in [0.4, 0.5) is 0 Å². The van der Waals surface area contributed by atoms with E-state index in [-0.39, 0.29) is 12.0 Å². The molecule has 0 unspecified atom stereocenters. The molecule has 0 radical (unpaired) electrons. The van der Waals surface area contributed by atoms with Crippen molar-refractivity contribution in [2.45, 2.75) is 46.1 Å². The summed E-state index contributed by atoms with van der Waals surface area (Å²) in [5.74, 6) is 0.116. The molecule has 0 aliphatic rings. The predicted octanol–water partition coefficient (Wildman–Crippen LogP) is 2.86. The number of ether oxygens (including phenoxy) is 1. The van der Waals surface area contributed by atoms with Crippen LogP contribution in [-0.4, -0.2) is 25.2 Å². The molecule has 0 atom stereocenters. The second-order valence-corrected chi connectivity index (χ2v) is 5.11. The Bertz CT molecular complexity index is 371. The van der Waals surface area contributed by atoms with Crippen molar-refractivity contribution in [3.8, 4) is 0 Å². The number of rotatable bonds is 8. The van der Waals surface area contributed by atoms with Gasteiger partial charge in [-0.05, 0) is 39.2 Å². The SMILES string of the molecule is Cc1ccc(CCC(=O)NCCCOC(C)C)cc1. The van der Waals surface area contributed by atoms with Crippen LogP contribution in [0.15, 0.2) is 24.3 Å². The second kappa shape index (κ2) is 8.70. The summed E-state index contributed by atoms with van der Waals surface area (Å²) in [7, 11) is 0. The van der Waals surface area contributed by atoms with Crippen molar-refractivity contribution >= 4 is 5.91 Å². The number of benzene rings is 1. The summed E-state index contributed by atoms with van der Waals surface area (Å²) < 4.78 is 5.41. The molecule has 1 N–H and O–H groups in total. The van der Waals surface area contributed by atoms with Crippen molar-refractivity contribution in [3.05, 3.63) is 35.4 Å². The molecule has 3 nitrogen and oxygen atoms in total. The molecule has 106 valence electrons. The number of amides is 1. The third-order valence-electron chi connectivity index (χ3n) is 2.86. The zero-order valence-corrected chi connectivity index (χ0v) is 12.2. The van der Waals surface area contributed by atoms with E-state index in [4.69, 9.17) is 4.74 Å². The van der Waals surface area contributed by atoms with Crippen LogP contribution in [0.25, 0.3) is 0 Å². The summed E-state index contributed by atoms with van der Waals surface area (Å²) in [5.41, 5.74) is 2.46. The number of nitrogens with one attached hydrogen (secondary N) is 1. The molecule has 1 rings (SSSR count). The van der Waals surface area contributed by atoms with E-state index in [1.807, 2.05) is 13.8 Å². The van der Waals surface area contributed by atoms with Crippen molar-refractivity contribution in [2.24, 2.45) is 0 Å². The molecule has 1 aromatic carbocycles. The van der Waals surface area contributed by atoms with Crippen LogP contribution < -0.4 is 5.32 Å². The van der Waals surface area contributed by atoms with Crippen LogP contribution >= 0.6 is 0 Å². The zero-order valence-electron chi connectivity index (χ0n) is 12.2. The maximum atomic E-state index is 11.6. The van der Waals surface area contributed by atoms with Crippen LogP contribution in [0.3, 0.4) is 0 Å². The Morgan fingerprint density at radius 2 is 1.95 bits per heavy atom. The van der Waals surface area contributed by atoms with Gasteiger partial charge in [0.15, 0.2) is 0 Å². The van der Waals surface area contributed by atoms with E-state index in [0.717, 1.165) is 12.8 Å². The quantitative estimate of drug-likeness (QED) is 0.732. The molecule has 0 saturated heterocycles. The number of carbonyl (C=O) groups excluding carboxylic acids is 1. The molecular weight excluding hydrogens is 238 g/mol. The summed E-state index contributed by atoms with van der Waals surface area (Å²) in [5, 5.41) is 2.92. The van der Waals surface area contributed by atoms with Gasteiger partial charge in [-0.25, -0.2) is 0 Å². The number of hydrogen-bond acceptors (Lipinski definition) is 2. The molecule has 0 bridgehead atoms. The third kappa shape index (κ3) is 7.62. The van der Waals surface area contributed by atoms with Gasteiger partial charge >= 0.3 is 0 Å². The van der Waals surface area contributed by atoms with Gasteiger partial charge in [0, 0.05) is 19.6 Å². The Hall–Kier alpha value is -1.35. The van der Waals surface area contributed by atoms with Gasteiger partial charge in [0.05, 0.1) is 6.10 Å². The average molecular weight is 263 g/mol. The van der Waals surface area contributed by atoms with E-state index in [0.29, 0.717) is 19.6 Å². The molecular formula is C16H25NO2. The van der Waals surface area contributed by atoms with Gasteiger partial charge in [0.2, 0.25) is 5.91 Å². The maximum Gasteiger partial charge on any atom is 0.220 e. The van der Waals surface area contributed by atoms with E-state index in [1.54, 1.807) is 0 Å². The summed E-state index contributed by atoms with van der Waals surface area (Å²) in [6.45, 7) is 7.49. The summed E-state index contributed by atoms with van der Waals surface area (Å²) >= 11 is 0. The molecule has 0 aliphatic carbocycles. The van der Waals surface area contributed by atoms with E-state index in [9.17, 15) is 4.79 Å². The second-order valence-electron chi connectivity index (χ2n) is 5.11. The molecule has 19 heavy (non-hydrogen) atoms. The van der Waals surface area contributed by atoms with Crippen LogP contribution in [0.2, 0.25) is 0 Å². The smallest absolute Gasteiger partial charge is 0.220 e. The summed E-state index contributed by atoms with van der Waals surface area (Å²) in [4.78, 5) is 11.6. The van der Waals surface area contributed by atoms with Crippen molar-refractivity contribution < 1.29 is 9.53 Å². The molecule has 3 heteroatoms. The van der Waals surface area contributed by atoms with E-state index in [2.05, 4.69) is 36.5 Å². The van der Waals surface area contributed by atoms with E-state index < -0.39 is 0 Å². The summed E-state index contributed by atoms with van der Waals surface area (Å²) in [6.07, 6.45) is 2.48. The van der Waals surface area contributed by atoms with Gasteiger partial charge < -0.3 is 10.1 Å². The lowest BCUT2D eigenvalue weighted by Crippen LogP contribution is -2.25. The highest BCUT2D eigenvalue weighted by Gasteiger charge is 2.02. The standard InChI is InChI=1S/C16H25NO2/c1-13(2)19-12-4-11-17-16(18)10-9-15-7-5-14(3)6-8-15/h5-8,13H,4,9-12H2,1-3H3,(H,17,18). The Labute approximate surface area is 116 Å². The Kier molecular flexibility index (Phi) is 7.19. The number of aryl methyl sites for hydroxylation is 2. The maximum absolute atomic E-state index is 11.6. The highest BCUT2D eigenvalue weighted by atomic mass is 16.5. The first kappa shape index (κ1) is 15.7. The van der Waals surface area contributed by atoms with Gasteiger partial charge in [0.1, 0.15) is 0 Å².